The average molecular weight is 185 g/mol. The summed E-state index contributed by atoms with van der Waals surface area (Å²) in [5.41, 5.74) is 0.765. The van der Waals surface area contributed by atoms with Gasteiger partial charge in [0.25, 0.3) is 5.56 Å². The summed E-state index contributed by atoms with van der Waals surface area (Å²) in [5, 5.41) is 2.07. The van der Waals surface area contributed by atoms with E-state index in [0.29, 0.717) is 6.42 Å². The molecule has 1 N–H and O–H groups in total. The van der Waals surface area contributed by atoms with Gasteiger partial charge in [-0.2, -0.15) is 0 Å². The van der Waals surface area contributed by atoms with E-state index in [1.54, 1.807) is 12.3 Å². The molecule has 0 aliphatic rings. The van der Waals surface area contributed by atoms with E-state index < -0.39 is 0 Å². The lowest BCUT2D eigenvalue weighted by molar-refractivity contribution is 1.16. The Morgan fingerprint density at radius 2 is 2.14 bits per heavy atom. The summed E-state index contributed by atoms with van der Waals surface area (Å²) in [7, 11) is 0. The van der Waals surface area contributed by atoms with Gasteiger partial charge in [0, 0.05) is 11.8 Å². The molecule has 1 heterocycles. The molecule has 0 aliphatic carbocycles. The molecule has 1 aromatic heterocycles. The quantitative estimate of drug-likeness (QED) is 0.715. The molecule has 2 nitrogen and oxygen atoms in total. The molecule has 0 aliphatic heterocycles. The first-order valence-corrected chi connectivity index (χ1v) is 4.53. The molecule has 2 heteroatoms. The highest BCUT2D eigenvalue weighted by Gasteiger charge is 2.02. The predicted molar refractivity (Wildman–Crippen MR) is 58.5 cm³/mol. The van der Waals surface area contributed by atoms with Crippen LogP contribution in [0.15, 0.2) is 47.9 Å². The van der Waals surface area contributed by atoms with Crippen molar-refractivity contribution >= 4 is 10.8 Å². The first kappa shape index (κ1) is 8.75. The van der Waals surface area contributed by atoms with Crippen molar-refractivity contribution in [3.63, 3.8) is 0 Å². The number of fused-ring (bicyclic) bond motifs is 1. The first-order chi connectivity index (χ1) is 6.83. The molecular weight excluding hydrogens is 174 g/mol. The fraction of sp³-hybridized carbons (Fsp3) is 0.0833. The van der Waals surface area contributed by atoms with E-state index >= 15 is 0 Å². The van der Waals surface area contributed by atoms with Crippen molar-refractivity contribution in [2.24, 2.45) is 0 Å². The van der Waals surface area contributed by atoms with Crippen LogP contribution in [0.1, 0.15) is 5.56 Å². The minimum absolute atomic E-state index is 0.0244. The van der Waals surface area contributed by atoms with Crippen LogP contribution in [-0.2, 0) is 6.42 Å². The van der Waals surface area contributed by atoms with Gasteiger partial charge in [-0.25, -0.2) is 0 Å². The summed E-state index contributed by atoms with van der Waals surface area (Å²) >= 11 is 0. The lowest BCUT2D eigenvalue weighted by Gasteiger charge is -2.01. The highest BCUT2D eigenvalue weighted by molar-refractivity contribution is 5.84. The van der Waals surface area contributed by atoms with Crippen LogP contribution in [0, 0.1) is 0 Å². The third-order valence-electron chi connectivity index (χ3n) is 2.27. The van der Waals surface area contributed by atoms with Crippen molar-refractivity contribution in [3.05, 3.63) is 59.0 Å². The average Bonchev–Trinajstić information content (AvgIpc) is 2.23. The maximum absolute atomic E-state index is 11.5. The predicted octanol–water partition coefficient (Wildman–Crippen LogP) is 2.26. The molecule has 0 fully saturated rings. The summed E-state index contributed by atoms with van der Waals surface area (Å²) in [6.07, 6.45) is 4.10. The number of rotatable bonds is 2. The van der Waals surface area contributed by atoms with Gasteiger partial charge in [0.15, 0.2) is 0 Å². The van der Waals surface area contributed by atoms with E-state index in [9.17, 15) is 4.79 Å². The van der Waals surface area contributed by atoms with Crippen LogP contribution in [0.5, 0.6) is 0 Å². The first-order valence-electron chi connectivity index (χ1n) is 4.53. The molecular formula is C12H11NO. The molecule has 0 spiro atoms. The number of nitrogens with one attached hydrogen (secondary N) is 1. The minimum atomic E-state index is -0.0244. The van der Waals surface area contributed by atoms with Gasteiger partial charge in [-0.15, -0.1) is 6.58 Å². The van der Waals surface area contributed by atoms with Gasteiger partial charge in [0.05, 0.1) is 0 Å². The Hall–Kier alpha value is -1.83. The third-order valence-corrected chi connectivity index (χ3v) is 2.27. The number of benzene rings is 1. The van der Waals surface area contributed by atoms with E-state index in [-0.39, 0.29) is 5.56 Å². The monoisotopic (exact) mass is 185 g/mol. The van der Waals surface area contributed by atoms with Crippen LogP contribution in [0.3, 0.4) is 0 Å². The van der Waals surface area contributed by atoms with Crippen molar-refractivity contribution in [2.45, 2.75) is 6.42 Å². The van der Waals surface area contributed by atoms with Gasteiger partial charge >= 0.3 is 0 Å². The SMILES string of the molecule is C=CCc1c(=O)[nH]cc2ccccc12. The highest BCUT2D eigenvalue weighted by Crippen LogP contribution is 2.14. The van der Waals surface area contributed by atoms with Crippen molar-refractivity contribution in [1.29, 1.82) is 0 Å². The number of pyridine rings is 1. The molecule has 70 valence electrons. The molecule has 0 atom stereocenters. The van der Waals surface area contributed by atoms with E-state index in [0.717, 1.165) is 16.3 Å². The molecule has 2 rings (SSSR count). The van der Waals surface area contributed by atoms with Crippen molar-refractivity contribution in [1.82, 2.24) is 4.98 Å². The summed E-state index contributed by atoms with van der Waals surface area (Å²) in [5.74, 6) is 0. The molecule has 0 amide bonds. The summed E-state index contributed by atoms with van der Waals surface area (Å²) in [6, 6.07) is 7.84. The highest BCUT2D eigenvalue weighted by atomic mass is 16.1. The largest absolute Gasteiger partial charge is 0.328 e. The zero-order valence-corrected chi connectivity index (χ0v) is 7.79. The number of H-pyrrole nitrogens is 1. The normalized spacial score (nSPS) is 10.3. The van der Waals surface area contributed by atoms with Gasteiger partial charge < -0.3 is 4.98 Å². The van der Waals surface area contributed by atoms with Gasteiger partial charge in [-0.1, -0.05) is 30.3 Å². The Kier molecular flexibility index (Phi) is 2.19. The Balaban J connectivity index is 2.82. The van der Waals surface area contributed by atoms with Gasteiger partial charge in [0.1, 0.15) is 0 Å². The number of hydrogen-bond acceptors (Lipinski definition) is 1. The lowest BCUT2D eigenvalue weighted by Crippen LogP contribution is -2.11. The Morgan fingerprint density at radius 3 is 2.93 bits per heavy atom. The van der Waals surface area contributed by atoms with Crippen LogP contribution >= 0.6 is 0 Å². The smallest absolute Gasteiger partial charge is 0.252 e. The van der Waals surface area contributed by atoms with E-state index in [1.165, 1.54) is 0 Å². The van der Waals surface area contributed by atoms with Crippen molar-refractivity contribution in [3.8, 4) is 0 Å². The van der Waals surface area contributed by atoms with Gasteiger partial charge in [0.2, 0.25) is 0 Å². The Morgan fingerprint density at radius 1 is 1.36 bits per heavy atom. The molecule has 0 saturated carbocycles. The number of allylic oxidation sites excluding steroid dienone is 1. The van der Waals surface area contributed by atoms with Crippen LogP contribution < -0.4 is 5.56 Å². The van der Waals surface area contributed by atoms with Gasteiger partial charge in [-0.05, 0) is 17.2 Å². The second-order valence-electron chi connectivity index (χ2n) is 3.18. The standard InChI is InChI=1S/C12H11NO/c1-2-5-11-10-7-4-3-6-9(10)8-13-12(11)14/h2-4,6-8H,1,5H2,(H,13,14). The number of aromatic amines is 1. The van der Waals surface area contributed by atoms with E-state index in [2.05, 4.69) is 11.6 Å². The van der Waals surface area contributed by atoms with Crippen molar-refractivity contribution in [2.75, 3.05) is 0 Å². The summed E-state index contributed by atoms with van der Waals surface area (Å²) in [4.78, 5) is 14.2. The number of aromatic nitrogens is 1. The summed E-state index contributed by atoms with van der Waals surface area (Å²) in [6.45, 7) is 3.65. The molecule has 0 saturated heterocycles. The van der Waals surface area contributed by atoms with Crippen LogP contribution in [-0.4, -0.2) is 4.98 Å². The maximum Gasteiger partial charge on any atom is 0.252 e. The molecule has 14 heavy (non-hydrogen) atoms. The Labute approximate surface area is 81.9 Å². The maximum atomic E-state index is 11.5. The Bertz CT molecular complexity index is 525. The fourth-order valence-electron chi connectivity index (χ4n) is 1.60. The van der Waals surface area contributed by atoms with Crippen LogP contribution in [0.2, 0.25) is 0 Å². The topological polar surface area (TPSA) is 32.9 Å². The van der Waals surface area contributed by atoms with Crippen LogP contribution in [0.4, 0.5) is 0 Å². The van der Waals surface area contributed by atoms with Gasteiger partial charge in [-0.3, -0.25) is 4.79 Å². The van der Waals surface area contributed by atoms with E-state index in [1.807, 2.05) is 24.3 Å². The molecule has 0 unspecified atom stereocenters. The lowest BCUT2D eigenvalue weighted by atomic mass is 10.1. The van der Waals surface area contributed by atoms with E-state index in [4.69, 9.17) is 0 Å². The summed E-state index contributed by atoms with van der Waals surface area (Å²) < 4.78 is 0. The number of hydrogen-bond donors (Lipinski definition) is 1. The molecule has 2 aromatic rings. The zero-order valence-electron chi connectivity index (χ0n) is 7.79. The van der Waals surface area contributed by atoms with Crippen LogP contribution in [0.25, 0.3) is 10.8 Å². The molecule has 0 bridgehead atoms. The third kappa shape index (κ3) is 1.35. The second kappa shape index (κ2) is 3.50. The fourth-order valence-corrected chi connectivity index (χ4v) is 1.60. The van der Waals surface area contributed by atoms with Crippen molar-refractivity contribution < 1.29 is 0 Å². The minimum Gasteiger partial charge on any atom is -0.328 e. The second-order valence-corrected chi connectivity index (χ2v) is 3.18. The molecule has 0 radical (unpaired) electrons. The molecule has 1 aromatic carbocycles. The zero-order chi connectivity index (χ0) is 9.97.